The van der Waals surface area contributed by atoms with E-state index in [1.54, 1.807) is 0 Å². The van der Waals surface area contributed by atoms with Crippen LogP contribution in [-0.2, 0) is 4.74 Å². The molecule has 1 aliphatic rings. The van der Waals surface area contributed by atoms with Gasteiger partial charge in [0.2, 0.25) is 0 Å². The summed E-state index contributed by atoms with van der Waals surface area (Å²) in [6, 6.07) is 0.104. The van der Waals surface area contributed by atoms with Gasteiger partial charge >= 0.3 is 0 Å². The van der Waals surface area contributed by atoms with Crippen molar-refractivity contribution in [2.45, 2.75) is 44.9 Å². The summed E-state index contributed by atoms with van der Waals surface area (Å²) in [5.41, 5.74) is 5.48. The number of hydrogen-bond donors (Lipinski definition) is 2. The number of ether oxygens (including phenoxy) is 1. The fourth-order valence-corrected chi connectivity index (χ4v) is 2.63. The van der Waals surface area contributed by atoms with E-state index in [2.05, 4.69) is 11.8 Å². The summed E-state index contributed by atoms with van der Waals surface area (Å²) >= 11 is 5.08. The van der Waals surface area contributed by atoms with Gasteiger partial charge in [-0.25, -0.2) is 0 Å². The van der Waals surface area contributed by atoms with E-state index in [-0.39, 0.29) is 24.4 Å². The van der Waals surface area contributed by atoms with Crippen LogP contribution < -0.4 is 5.73 Å². The zero-order chi connectivity index (χ0) is 12.3. The SMILES string of the molecule is CCC(C(N)=S)N1CC(CO)OC(C)(C)C1. The van der Waals surface area contributed by atoms with Crippen LogP contribution in [0, 0.1) is 0 Å². The Morgan fingerprint density at radius 2 is 2.31 bits per heavy atom. The molecule has 1 aliphatic heterocycles. The summed E-state index contributed by atoms with van der Waals surface area (Å²) in [6.07, 6.45) is 0.746. The highest BCUT2D eigenvalue weighted by Gasteiger charge is 2.36. The smallest absolute Gasteiger partial charge is 0.0940 e. The first kappa shape index (κ1) is 13.8. The van der Waals surface area contributed by atoms with Crippen molar-refractivity contribution in [1.29, 1.82) is 0 Å². The number of nitrogens with zero attached hydrogens (tertiary/aromatic N) is 1. The van der Waals surface area contributed by atoms with E-state index >= 15 is 0 Å². The second-order valence-electron chi connectivity index (χ2n) is 4.94. The van der Waals surface area contributed by atoms with Crippen molar-refractivity contribution < 1.29 is 9.84 Å². The molecule has 1 heterocycles. The van der Waals surface area contributed by atoms with Gasteiger partial charge in [0.15, 0.2) is 0 Å². The molecule has 0 amide bonds. The lowest BCUT2D eigenvalue weighted by atomic mass is 10.0. The van der Waals surface area contributed by atoms with Crippen LogP contribution in [0.15, 0.2) is 0 Å². The first-order valence-electron chi connectivity index (χ1n) is 5.71. The van der Waals surface area contributed by atoms with Crippen molar-refractivity contribution >= 4 is 17.2 Å². The normalized spacial score (nSPS) is 27.6. The molecule has 3 N–H and O–H groups in total. The number of hydrogen-bond acceptors (Lipinski definition) is 4. The van der Waals surface area contributed by atoms with Crippen molar-refractivity contribution in [1.82, 2.24) is 4.90 Å². The number of thiocarbonyl (C=S) groups is 1. The lowest BCUT2D eigenvalue weighted by Crippen LogP contribution is -2.58. The number of nitrogens with two attached hydrogens (primary N) is 1. The zero-order valence-electron chi connectivity index (χ0n) is 10.3. The quantitative estimate of drug-likeness (QED) is 0.708. The van der Waals surface area contributed by atoms with E-state index < -0.39 is 0 Å². The average Bonchev–Trinajstić information content (AvgIpc) is 2.15. The maximum absolute atomic E-state index is 9.22. The van der Waals surface area contributed by atoms with E-state index in [0.717, 1.165) is 13.0 Å². The van der Waals surface area contributed by atoms with Gasteiger partial charge in [-0.05, 0) is 20.3 Å². The van der Waals surface area contributed by atoms with Gasteiger partial charge in [0.25, 0.3) is 0 Å². The molecule has 4 nitrogen and oxygen atoms in total. The Bertz CT molecular complexity index is 258. The third-order valence-electron chi connectivity index (χ3n) is 2.87. The standard InChI is InChI=1S/C11H22N2O2S/c1-4-9(10(12)16)13-5-8(6-14)15-11(2,3)7-13/h8-9,14H,4-7H2,1-3H3,(H2,12,16). The van der Waals surface area contributed by atoms with Gasteiger partial charge in [0.05, 0.1) is 29.3 Å². The Hall–Kier alpha value is -0.230. The summed E-state index contributed by atoms with van der Waals surface area (Å²) in [5.74, 6) is 0. The maximum Gasteiger partial charge on any atom is 0.0940 e. The minimum Gasteiger partial charge on any atom is -0.394 e. The molecular weight excluding hydrogens is 224 g/mol. The summed E-state index contributed by atoms with van der Waals surface area (Å²) < 4.78 is 5.75. The van der Waals surface area contributed by atoms with Crippen LogP contribution >= 0.6 is 12.2 Å². The largest absolute Gasteiger partial charge is 0.394 e. The van der Waals surface area contributed by atoms with Crippen LogP contribution in [0.2, 0.25) is 0 Å². The van der Waals surface area contributed by atoms with Crippen molar-refractivity contribution in [3.05, 3.63) is 0 Å². The molecule has 1 saturated heterocycles. The third-order valence-corrected chi connectivity index (χ3v) is 3.14. The van der Waals surface area contributed by atoms with Crippen molar-refractivity contribution in [3.63, 3.8) is 0 Å². The van der Waals surface area contributed by atoms with Crippen molar-refractivity contribution in [2.24, 2.45) is 5.73 Å². The van der Waals surface area contributed by atoms with Crippen LogP contribution in [0.4, 0.5) is 0 Å². The summed E-state index contributed by atoms with van der Waals surface area (Å²) in [7, 11) is 0. The van der Waals surface area contributed by atoms with Gasteiger partial charge in [0, 0.05) is 13.1 Å². The predicted octanol–water partition coefficient (Wildman–Crippen LogP) is 0.523. The fourth-order valence-electron chi connectivity index (χ4n) is 2.31. The van der Waals surface area contributed by atoms with E-state index in [4.69, 9.17) is 22.7 Å². The van der Waals surface area contributed by atoms with Crippen LogP contribution in [0.5, 0.6) is 0 Å². The van der Waals surface area contributed by atoms with Gasteiger partial charge in [-0.3, -0.25) is 4.90 Å². The monoisotopic (exact) mass is 246 g/mol. The molecule has 0 saturated carbocycles. The molecule has 5 heteroatoms. The molecule has 0 aliphatic carbocycles. The van der Waals surface area contributed by atoms with Crippen LogP contribution in [-0.4, -0.2) is 52.4 Å². The Labute approximate surface area is 103 Å². The number of aliphatic hydroxyl groups is 1. The van der Waals surface area contributed by atoms with Crippen LogP contribution in [0.1, 0.15) is 27.2 Å². The first-order valence-corrected chi connectivity index (χ1v) is 6.12. The zero-order valence-corrected chi connectivity index (χ0v) is 11.1. The van der Waals surface area contributed by atoms with Crippen LogP contribution in [0.3, 0.4) is 0 Å². The van der Waals surface area contributed by atoms with Gasteiger partial charge in [-0.1, -0.05) is 19.1 Å². The van der Waals surface area contributed by atoms with Gasteiger partial charge in [0.1, 0.15) is 0 Å². The van der Waals surface area contributed by atoms with Crippen molar-refractivity contribution in [3.8, 4) is 0 Å². The van der Waals surface area contributed by atoms with E-state index in [1.165, 1.54) is 0 Å². The maximum atomic E-state index is 9.22. The summed E-state index contributed by atoms with van der Waals surface area (Å²) in [4.78, 5) is 2.74. The molecule has 2 atom stereocenters. The number of morpholine rings is 1. The fraction of sp³-hybridized carbons (Fsp3) is 0.909. The topological polar surface area (TPSA) is 58.7 Å². The predicted molar refractivity (Wildman–Crippen MR) is 68.5 cm³/mol. The highest BCUT2D eigenvalue weighted by atomic mass is 32.1. The van der Waals surface area contributed by atoms with Gasteiger partial charge in [-0.15, -0.1) is 0 Å². The molecule has 0 spiro atoms. The summed E-state index contributed by atoms with van der Waals surface area (Å²) in [5, 5.41) is 9.22. The molecular formula is C11H22N2O2S. The summed E-state index contributed by atoms with van der Waals surface area (Å²) in [6.45, 7) is 7.63. The molecule has 16 heavy (non-hydrogen) atoms. The van der Waals surface area contributed by atoms with E-state index in [9.17, 15) is 5.11 Å². The first-order chi connectivity index (χ1) is 7.39. The third kappa shape index (κ3) is 3.38. The van der Waals surface area contributed by atoms with Gasteiger partial charge in [-0.2, -0.15) is 0 Å². The molecule has 94 valence electrons. The molecule has 0 aromatic rings. The Morgan fingerprint density at radius 3 is 2.75 bits per heavy atom. The molecule has 0 bridgehead atoms. The Balaban J connectivity index is 2.75. The highest BCUT2D eigenvalue weighted by molar-refractivity contribution is 7.80. The highest BCUT2D eigenvalue weighted by Crippen LogP contribution is 2.23. The second-order valence-corrected chi connectivity index (χ2v) is 5.41. The number of rotatable bonds is 4. The lowest BCUT2D eigenvalue weighted by Gasteiger charge is -2.45. The lowest BCUT2D eigenvalue weighted by molar-refractivity contribution is -0.152. The van der Waals surface area contributed by atoms with Crippen molar-refractivity contribution in [2.75, 3.05) is 19.7 Å². The minimum absolute atomic E-state index is 0.0354. The average molecular weight is 246 g/mol. The van der Waals surface area contributed by atoms with E-state index in [0.29, 0.717) is 11.5 Å². The minimum atomic E-state index is -0.260. The molecule has 1 fully saturated rings. The van der Waals surface area contributed by atoms with E-state index in [1.807, 2.05) is 13.8 Å². The molecule has 0 aromatic carbocycles. The molecule has 0 radical (unpaired) electrons. The Morgan fingerprint density at radius 1 is 1.69 bits per heavy atom. The van der Waals surface area contributed by atoms with Crippen LogP contribution in [0.25, 0.3) is 0 Å². The Kier molecular flexibility index (Phi) is 4.67. The molecule has 2 unspecified atom stereocenters. The van der Waals surface area contributed by atoms with Gasteiger partial charge < -0.3 is 15.6 Å². The molecule has 1 rings (SSSR count). The second kappa shape index (κ2) is 5.40. The molecule has 0 aromatic heterocycles. The number of aliphatic hydroxyl groups excluding tert-OH is 1.